The van der Waals surface area contributed by atoms with Gasteiger partial charge in [0.15, 0.2) is 5.96 Å². The Morgan fingerprint density at radius 3 is 3.00 bits per heavy atom. The van der Waals surface area contributed by atoms with Crippen LogP contribution in [0.3, 0.4) is 0 Å². The number of nitrogens with one attached hydrogen (secondary N) is 2. The summed E-state index contributed by atoms with van der Waals surface area (Å²) in [5.41, 5.74) is 0.857. The first-order valence-corrected chi connectivity index (χ1v) is 6.80. The van der Waals surface area contributed by atoms with Crippen LogP contribution in [0, 0.1) is 5.92 Å². The highest BCUT2D eigenvalue weighted by Crippen LogP contribution is 2.28. The van der Waals surface area contributed by atoms with Gasteiger partial charge in [-0.2, -0.15) is 0 Å². The van der Waals surface area contributed by atoms with Crippen LogP contribution in [0.2, 0.25) is 0 Å². The molecule has 20 heavy (non-hydrogen) atoms. The molecule has 1 fully saturated rings. The molecule has 7 heteroatoms. The van der Waals surface area contributed by atoms with Crippen LogP contribution in [0.4, 0.5) is 0 Å². The molecule has 2 N–H and O–H groups in total. The molecule has 0 radical (unpaired) electrons. The van der Waals surface area contributed by atoms with E-state index in [0.717, 1.165) is 43.8 Å². The SMILES string of the molecule is CN=C(NCCCOCC1CC1)NCc1ccon1.I. The van der Waals surface area contributed by atoms with E-state index in [9.17, 15) is 0 Å². The Balaban J connectivity index is 0.00000200. The second-order valence-corrected chi connectivity index (χ2v) is 4.72. The van der Waals surface area contributed by atoms with Crippen LogP contribution in [0.1, 0.15) is 25.0 Å². The number of rotatable bonds is 8. The maximum atomic E-state index is 5.57. The minimum atomic E-state index is 0. The minimum Gasteiger partial charge on any atom is -0.381 e. The second kappa shape index (κ2) is 9.98. The van der Waals surface area contributed by atoms with E-state index in [-0.39, 0.29) is 24.0 Å². The Morgan fingerprint density at radius 1 is 1.50 bits per heavy atom. The summed E-state index contributed by atoms with van der Waals surface area (Å²) >= 11 is 0. The molecule has 6 nitrogen and oxygen atoms in total. The van der Waals surface area contributed by atoms with Crippen molar-refractivity contribution in [3.8, 4) is 0 Å². The van der Waals surface area contributed by atoms with E-state index in [1.165, 1.54) is 12.8 Å². The lowest BCUT2D eigenvalue weighted by atomic mass is 10.4. The molecule has 0 atom stereocenters. The fraction of sp³-hybridized carbons (Fsp3) is 0.692. The Kier molecular flexibility index (Phi) is 8.59. The molecule has 1 heterocycles. The Hall–Kier alpha value is -0.830. The van der Waals surface area contributed by atoms with E-state index >= 15 is 0 Å². The number of aliphatic imine (C=N–C) groups is 1. The van der Waals surface area contributed by atoms with Gasteiger partial charge in [0.2, 0.25) is 0 Å². The Bertz CT molecular complexity index is 380. The fourth-order valence-electron chi connectivity index (χ4n) is 1.64. The molecule has 1 aliphatic carbocycles. The van der Waals surface area contributed by atoms with Gasteiger partial charge in [0, 0.05) is 32.9 Å². The summed E-state index contributed by atoms with van der Waals surface area (Å²) in [5, 5.41) is 10.2. The van der Waals surface area contributed by atoms with Crippen LogP contribution in [0.25, 0.3) is 0 Å². The molecule has 1 aromatic rings. The van der Waals surface area contributed by atoms with Crippen molar-refractivity contribution in [1.29, 1.82) is 0 Å². The van der Waals surface area contributed by atoms with Crippen molar-refractivity contribution in [3.05, 3.63) is 18.0 Å². The summed E-state index contributed by atoms with van der Waals surface area (Å²) in [4.78, 5) is 4.14. The van der Waals surface area contributed by atoms with E-state index in [2.05, 4.69) is 20.8 Å². The summed E-state index contributed by atoms with van der Waals surface area (Å²) in [6.45, 7) is 3.19. The number of guanidine groups is 1. The fourth-order valence-corrected chi connectivity index (χ4v) is 1.64. The van der Waals surface area contributed by atoms with E-state index in [1.807, 2.05) is 6.07 Å². The van der Waals surface area contributed by atoms with E-state index in [1.54, 1.807) is 13.3 Å². The predicted octanol–water partition coefficient (Wildman–Crippen LogP) is 1.77. The highest BCUT2D eigenvalue weighted by Gasteiger charge is 2.20. The van der Waals surface area contributed by atoms with Gasteiger partial charge in [0.05, 0.1) is 6.54 Å². The third-order valence-electron chi connectivity index (χ3n) is 2.96. The van der Waals surface area contributed by atoms with Crippen LogP contribution in [0.15, 0.2) is 21.8 Å². The maximum absolute atomic E-state index is 5.57. The largest absolute Gasteiger partial charge is 0.381 e. The Labute approximate surface area is 136 Å². The highest BCUT2D eigenvalue weighted by atomic mass is 127. The van der Waals surface area contributed by atoms with Gasteiger partial charge < -0.3 is 19.9 Å². The van der Waals surface area contributed by atoms with E-state index in [0.29, 0.717) is 6.54 Å². The van der Waals surface area contributed by atoms with Crippen LogP contribution in [-0.4, -0.2) is 37.9 Å². The molecule has 0 aliphatic heterocycles. The lowest BCUT2D eigenvalue weighted by molar-refractivity contribution is 0.123. The molecule has 0 aromatic carbocycles. The summed E-state index contributed by atoms with van der Waals surface area (Å²) in [6, 6.07) is 1.83. The van der Waals surface area contributed by atoms with Crippen LogP contribution in [0.5, 0.6) is 0 Å². The standard InChI is InChI=1S/C13H22N4O2.HI/c1-14-13(16-9-12-5-8-19-17-12)15-6-2-7-18-10-11-3-4-11;/h5,8,11H,2-4,6-7,9-10H2,1H3,(H2,14,15,16);1H. The molecule has 0 unspecified atom stereocenters. The smallest absolute Gasteiger partial charge is 0.191 e. The first kappa shape index (κ1) is 17.2. The number of aromatic nitrogens is 1. The van der Waals surface area contributed by atoms with Gasteiger partial charge in [-0.05, 0) is 25.2 Å². The molecule has 114 valence electrons. The summed E-state index contributed by atoms with van der Waals surface area (Å²) in [7, 11) is 1.75. The van der Waals surface area contributed by atoms with Crippen LogP contribution < -0.4 is 10.6 Å². The van der Waals surface area contributed by atoms with Gasteiger partial charge >= 0.3 is 0 Å². The van der Waals surface area contributed by atoms with Gasteiger partial charge in [0.25, 0.3) is 0 Å². The zero-order valence-corrected chi connectivity index (χ0v) is 14.1. The van der Waals surface area contributed by atoms with Crippen molar-refractivity contribution < 1.29 is 9.26 Å². The predicted molar refractivity (Wildman–Crippen MR) is 88.3 cm³/mol. The number of hydrogen-bond acceptors (Lipinski definition) is 4. The first-order valence-electron chi connectivity index (χ1n) is 6.80. The first-order chi connectivity index (χ1) is 9.38. The molecule has 1 saturated carbocycles. The van der Waals surface area contributed by atoms with Gasteiger partial charge in [-0.3, -0.25) is 4.99 Å². The summed E-state index contributed by atoms with van der Waals surface area (Å²) in [6.07, 6.45) is 5.23. The molecular weight excluding hydrogens is 371 g/mol. The molecular formula is C13H23IN4O2. The van der Waals surface area contributed by atoms with E-state index in [4.69, 9.17) is 9.26 Å². The number of ether oxygens (including phenoxy) is 1. The third kappa shape index (κ3) is 7.09. The third-order valence-corrected chi connectivity index (χ3v) is 2.96. The summed E-state index contributed by atoms with van der Waals surface area (Å²) in [5.74, 6) is 1.61. The average Bonchev–Trinajstić information content (AvgIpc) is 3.11. The van der Waals surface area contributed by atoms with Crippen molar-refractivity contribution in [2.24, 2.45) is 10.9 Å². The number of hydrogen-bond donors (Lipinski definition) is 2. The van der Waals surface area contributed by atoms with Crippen molar-refractivity contribution >= 4 is 29.9 Å². The lowest BCUT2D eigenvalue weighted by Gasteiger charge is -2.10. The van der Waals surface area contributed by atoms with E-state index < -0.39 is 0 Å². The zero-order valence-electron chi connectivity index (χ0n) is 11.8. The topological polar surface area (TPSA) is 71.7 Å². The van der Waals surface area contributed by atoms with Gasteiger partial charge in [0.1, 0.15) is 12.0 Å². The molecule has 0 saturated heterocycles. The maximum Gasteiger partial charge on any atom is 0.191 e. The zero-order chi connectivity index (χ0) is 13.3. The minimum absolute atomic E-state index is 0. The van der Waals surface area contributed by atoms with Crippen molar-refractivity contribution in [2.75, 3.05) is 26.8 Å². The van der Waals surface area contributed by atoms with Gasteiger partial charge in [-0.1, -0.05) is 5.16 Å². The normalized spacial score (nSPS) is 14.8. The molecule has 0 bridgehead atoms. The molecule has 2 rings (SSSR count). The van der Waals surface area contributed by atoms with Gasteiger partial charge in [-0.15, -0.1) is 24.0 Å². The quantitative estimate of drug-likeness (QED) is 0.305. The van der Waals surface area contributed by atoms with Crippen molar-refractivity contribution in [3.63, 3.8) is 0 Å². The number of halogens is 1. The van der Waals surface area contributed by atoms with Crippen molar-refractivity contribution in [2.45, 2.75) is 25.8 Å². The lowest BCUT2D eigenvalue weighted by Crippen LogP contribution is -2.37. The average molecular weight is 394 g/mol. The Morgan fingerprint density at radius 2 is 2.35 bits per heavy atom. The second-order valence-electron chi connectivity index (χ2n) is 4.72. The molecule has 1 aliphatic rings. The highest BCUT2D eigenvalue weighted by molar-refractivity contribution is 14.0. The number of nitrogens with zero attached hydrogens (tertiary/aromatic N) is 2. The van der Waals surface area contributed by atoms with Crippen LogP contribution >= 0.6 is 24.0 Å². The van der Waals surface area contributed by atoms with Crippen LogP contribution in [-0.2, 0) is 11.3 Å². The molecule has 0 spiro atoms. The summed E-state index contributed by atoms with van der Waals surface area (Å²) < 4.78 is 10.3. The van der Waals surface area contributed by atoms with Crippen molar-refractivity contribution in [1.82, 2.24) is 15.8 Å². The van der Waals surface area contributed by atoms with Gasteiger partial charge in [-0.25, -0.2) is 0 Å². The monoisotopic (exact) mass is 394 g/mol. The molecule has 0 amide bonds. The molecule has 1 aromatic heterocycles.